The zero-order chi connectivity index (χ0) is 16.4. The highest BCUT2D eigenvalue weighted by Crippen LogP contribution is 2.29. The Morgan fingerprint density at radius 3 is 2.83 bits per heavy atom. The van der Waals surface area contributed by atoms with Crippen LogP contribution in [0.15, 0.2) is 24.3 Å². The fourth-order valence-corrected chi connectivity index (χ4v) is 3.02. The van der Waals surface area contributed by atoms with E-state index in [0.29, 0.717) is 18.7 Å². The van der Waals surface area contributed by atoms with Crippen LogP contribution in [0.4, 0.5) is 18.9 Å². The van der Waals surface area contributed by atoms with E-state index < -0.39 is 6.36 Å². The number of rotatable bonds is 4. The first-order chi connectivity index (χ1) is 10.9. The van der Waals surface area contributed by atoms with Gasteiger partial charge in [0.25, 0.3) is 0 Å². The van der Waals surface area contributed by atoms with E-state index in [1.54, 1.807) is 6.07 Å². The molecule has 1 amide bonds. The number of alkyl halides is 3. The number of amides is 1. The van der Waals surface area contributed by atoms with E-state index in [4.69, 9.17) is 0 Å². The van der Waals surface area contributed by atoms with Crippen LogP contribution in [0.25, 0.3) is 0 Å². The predicted octanol–water partition coefficient (Wildman–Crippen LogP) is 1.64. The van der Waals surface area contributed by atoms with Crippen molar-refractivity contribution in [1.29, 1.82) is 0 Å². The summed E-state index contributed by atoms with van der Waals surface area (Å²) < 4.78 is 40.8. The van der Waals surface area contributed by atoms with Crippen LogP contribution in [0.3, 0.4) is 0 Å². The first-order valence-electron chi connectivity index (χ1n) is 7.56. The third-order valence-electron chi connectivity index (χ3n) is 4.07. The molecule has 2 aliphatic rings. The van der Waals surface area contributed by atoms with E-state index >= 15 is 0 Å². The molecule has 1 aromatic rings. The molecule has 126 valence electrons. The molecule has 1 aromatic carbocycles. The van der Waals surface area contributed by atoms with Gasteiger partial charge in [-0.25, -0.2) is 0 Å². The summed E-state index contributed by atoms with van der Waals surface area (Å²) >= 11 is 0. The van der Waals surface area contributed by atoms with Crippen molar-refractivity contribution in [1.82, 2.24) is 10.6 Å². The van der Waals surface area contributed by atoms with E-state index in [1.165, 1.54) is 23.1 Å². The van der Waals surface area contributed by atoms with E-state index in [-0.39, 0.29) is 23.7 Å². The number of hydrogen-bond acceptors (Lipinski definition) is 4. The van der Waals surface area contributed by atoms with E-state index in [1.807, 2.05) is 0 Å². The molecule has 2 heterocycles. The van der Waals surface area contributed by atoms with Crippen molar-refractivity contribution in [3.63, 3.8) is 0 Å². The summed E-state index contributed by atoms with van der Waals surface area (Å²) in [6, 6.07) is 5.50. The summed E-state index contributed by atoms with van der Waals surface area (Å²) in [5.74, 6) is -0.430. The maximum Gasteiger partial charge on any atom is 0.573 e. The van der Waals surface area contributed by atoms with Gasteiger partial charge in [-0.15, -0.1) is 13.2 Å². The lowest BCUT2D eigenvalue weighted by Crippen LogP contribution is -2.44. The van der Waals surface area contributed by atoms with Gasteiger partial charge in [0.15, 0.2) is 0 Å². The van der Waals surface area contributed by atoms with Crippen LogP contribution in [0, 0.1) is 0 Å². The molecule has 2 unspecified atom stereocenters. The van der Waals surface area contributed by atoms with Gasteiger partial charge in [0, 0.05) is 30.9 Å². The maximum atomic E-state index is 12.5. The number of anilines is 1. The molecule has 8 heteroatoms. The minimum Gasteiger partial charge on any atom is -0.406 e. The first kappa shape index (κ1) is 16.1. The van der Waals surface area contributed by atoms with Crippen molar-refractivity contribution in [2.45, 2.75) is 31.3 Å². The molecular weight excluding hydrogens is 311 g/mol. The monoisotopic (exact) mass is 329 g/mol. The molecule has 0 bridgehead atoms. The van der Waals surface area contributed by atoms with Crippen LogP contribution >= 0.6 is 0 Å². The average molecular weight is 329 g/mol. The number of nitrogens with zero attached hydrogens (tertiary/aromatic N) is 1. The SMILES string of the molecule is O=C1C(NC2CCNC2)CCN1c1cccc(OC(F)(F)F)c1. The standard InChI is InChI=1S/C15H18F3N3O2/c16-15(17,18)23-12-3-1-2-11(8-12)21-7-5-13(14(21)22)20-10-4-6-19-9-10/h1-3,8,10,13,19-20H,4-7,9H2. The number of hydrogen-bond donors (Lipinski definition) is 2. The van der Waals surface area contributed by atoms with Crippen LogP contribution < -0.4 is 20.3 Å². The average Bonchev–Trinajstić information content (AvgIpc) is 3.09. The molecule has 23 heavy (non-hydrogen) atoms. The van der Waals surface area contributed by atoms with Gasteiger partial charge in [-0.05, 0) is 31.5 Å². The van der Waals surface area contributed by atoms with Crippen LogP contribution in [0.1, 0.15) is 12.8 Å². The lowest BCUT2D eigenvalue weighted by atomic mass is 10.2. The number of carbonyl (C=O) groups excluding carboxylic acids is 1. The Labute approximate surface area is 131 Å². The first-order valence-corrected chi connectivity index (χ1v) is 7.56. The second-order valence-electron chi connectivity index (χ2n) is 5.73. The minimum absolute atomic E-state index is 0.110. The van der Waals surface area contributed by atoms with Gasteiger partial charge in [0.2, 0.25) is 5.91 Å². The van der Waals surface area contributed by atoms with Crippen LogP contribution in [0.2, 0.25) is 0 Å². The fraction of sp³-hybridized carbons (Fsp3) is 0.533. The van der Waals surface area contributed by atoms with Gasteiger partial charge in [-0.1, -0.05) is 6.07 Å². The molecule has 2 N–H and O–H groups in total. The molecule has 2 aliphatic heterocycles. The van der Waals surface area contributed by atoms with Gasteiger partial charge in [0.1, 0.15) is 5.75 Å². The summed E-state index contributed by atoms with van der Waals surface area (Å²) in [6.07, 6.45) is -3.13. The van der Waals surface area contributed by atoms with Crippen molar-refractivity contribution in [2.24, 2.45) is 0 Å². The van der Waals surface area contributed by atoms with Gasteiger partial charge < -0.3 is 20.3 Å². The van der Waals surface area contributed by atoms with Crippen molar-refractivity contribution in [2.75, 3.05) is 24.5 Å². The van der Waals surface area contributed by atoms with Gasteiger partial charge >= 0.3 is 6.36 Å². The fourth-order valence-electron chi connectivity index (χ4n) is 3.02. The Kier molecular flexibility index (Phi) is 4.45. The lowest BCUT2D eigenvalue weighted by Gasteiger charge is -2.20. The number of carbonyl (C=O) groups is 1. The van der Waals surface area contributed by atoms with Gasteiger partial charge in [0.05, 0.1) is 6.04 Å². The molecule has 0 saturated carbocycles. The van der Waals surface area contributed by atoms with E-state index in [2.05, 4.69) is 15.4 Å². The molecule has 2 atom stereocenters. The molecular formula is C15H18F3N3O2. The molecule has 0 aromatic heterocycles. The molecule has 0 aliphatic carbocycles. The number of ether oxygens (including phenoxy) is 1. The Hall–Kier alpha value is -1.80. The quantitative estimate of drug-likeness (QED) is 0.882. The summed E-state index contributed by atoms with van der Waals surface area (Å²) in [7, 11) is 0. The topological polar surface area (TPSA) is 53.6 Å². The lowest BCUT2D eigenvalue weighted by molar-refractivity contribution is -0.274. The van der Waals surface area contributed by atoms with Crippen LogP contribution in [-0.4, -0.2) is 44.0 Å². The number of halogens is 3. The molecule has 3 rings (SSSR count). The van der Waals surface area contributed by atoms with Crippen molar-refractivity contribution in [3.05, 3.63) is 24.3 Å². The molecule has 5 nitrogen and oxygen atoms in total. The van der Waals surface area contributed by atoms with Crippen molar-refractivity contribution >= 4 is 11.6 Å². The van der Waals surface area contributed by atoms with Gasteiger partial charge in [-0.2, -0.15) is 0 Å². The largest absolute Gasteiger partial charge is 0.573 e. The zero-order valence-electron chi connectivity index (χ0n) is 12.4. The van der Waals surface area contributed by atoms with Crippen molar-refractivity contribution < 1.29 is 22.7 Å². The minimum atomic E-state index is -4.74. The second-order valence-corrected chi connectivity index (χ2v) is 5.73. The number of nitrogens with one attached hydrogen (secondary N) is 2. The predicted molar refractivity (Wildman–Crippen MR) is 78.3 cm³/mol. The Morgan fingerprint density at radius 1 is 1.30 bits per heavy atom. The summed E-state index contributed by atoms with van der Waals surface area (Å²) in [4.78, 5) is 14.0. The van der Waals surface area contributed by atoms with Gasteiger partial charge in [-0.3, -0.25) is 4.79 Å². The summed E-state index contributed by atoms with van der Waals surface area (Å²) in [5, 5.41) is 6.54. The third-order valence-corrected chi connectivity index (χ3v) is 4.07. The van der Waals surface area contributed by atoms with E-state index in [9.17, 15) is 18.0 Å². The highest BCUT2D eigenvalue weighted by Gasteiger charge is 2.35. The summed E-state index contributed by atoms with van der Waals surface area (Å²) in [6.45, 7) is 2.24. The maximum absolute atomic E-state index is 12.5. The highest BCUT2D eigenvalue weighted by atomic mass is 19.4. The Morgan fingerprint density at radius 2 is 2.13 bits per heavy atom. The second kappa shape index (κ2) is 6.37. The number of benzene rings is 1. The van der Waals surface area contributed by atoms with Crippen molar-refractivity contribution in [3.8, 4) is 5.75 Å². The van der Waals surface area contributed by atoms with Crippen LogP contribution in [-0.2, 0) is 4.79 Å². The molecule has 2 saturated heterocycles. The zero-order valence-corrected chi connectivity index (χ0v) is 12.4. The summed E-state index contributed by atoms with van der Waals surface area (Å²) in [5.41, 5.74) is 0.422. The Bertz CT molecular complexity index is 573. The molecule has 2 fully saturated rings. The third kappa shape index (κ3) is 3.94. The Balaban J connectivity index is 1.67. The van der Waals surface area contributed by atoms with Crippen LogP contribution in [0.5, 0.6) is 5.75 Å². The smallest absolute Gasteiger partial charge is 0.406 e. The van der Waals surface area contributed by atoms with E-state index in [0.717, 1.165) is 19.5 Å². The molecule has 0 radical (unpaired) electrons. The molecule has 0 spiro atoms. The normalized spacial score (nSPS) is 25.2. The highest BCUT2D eigenvalue weighted by molar-refractivity contribution is 5.99.